The summed E-state index contributed by atoms with van der Waals surface area (Å²) in [6, 6.07) is 19.6. The van der Waals surface area contributed by atoms with Gasteiger partial charge < -0.3 is 5.32 Å². The van der Waals surface area contributed by atoms with E-state index in [0.717, 1.165) is 27.5 Å². The molecule has 0 fully saturated rings. The highest BCUT2D eigenvalue weighted by atomic mass is 35.5. The number of halogens is 1. The van der Waals surface area contributed by atoms with Crippen LogP contribution in [0.2, 0.25) is 5.02 Å². The molecule has 0 spiro atoms. The number of aryl methyl sites for hydroxylation is 1. The van der Waals surface area contributed by atoms with Crippen LogP contribution in [0.5, 0.6) is 0 Å². The van der Waals surface area contributed by atoms with E-state index in [1.807, 2.05) is 71.5 Å². The van der Waals surface area contributed by atoms with Gasteiger partial charge in [-0.3, -0.25) is 9.36 Å². The molecule has 4 aromatic rings. The zero-order valence-corrected chi connectivity index (χ0v) is 18.6. The van der Waals surface area contributed by atoms with Crippen molar-refractivity contribution >= 4 is 40.6 Å². The van der Waals surface area contributed by atoms with E-state index in [9.17, 15) is 4.79 Å². The van der Waals surface area contributed by atoms with Crippen LogP contribution in [0.4, 0.5) is 0 Å². The predicted molar refractivity (Wildman–Crippen MR) is 123 cm³/mol. The molecule has 1 N–H and O–H groups in total. The average Bonchev–Trinajstić information content (AvgIpc) is 3.41. The van der Waals surface area contributed by atoms with Gasteiger partial charge in [0.2, 0.25) is 5.91 Å². The van der Waals surface area contributed by atoms with Crippen LogP contribution in [0, 0.1) is 6.92 Å². The van der Waals surface area contributed by atoms with Crippen molar-refractivity contribution < 1.29 is 4.79 Å². The fraction of sp³-hybridized carbons (Fsp3) is 0.136. The third-order valence-electron chi connectivity index (χ3n) is 4.37. The standard InChI is InChI=1S/C22H19ClN4OS2/c1-15-4-2-5-16(12-15)21-25-26-22(27(21)18-9-7-17(23)8-10-18)30-14-20(28)24-13-19-6-3-11-29-19/h2-12H,13-14H2,1H3,(H,24,28). The molecule has 0 radical (unpaired) electrons. The molecule has 0 bridgehead atoms. The van der Waals surface area contributed by atoms with Crippen molar-refractivity contribution in [3.05, 3.63) is 81.5 Å². The Labute approximate surface area is 188 Å². The normalized spacial score (nSPS) is 10.9. The number of hydrogen-bond donors (Lipinski definition) is 1. The van der Waals surface area contributed by atoms with Gasteiger partial charge in [0.1, 0.15) is 0 Å². The van der Waals surface area contributed by atoms with E-state index in [1.165, 1.54) is 11.8 Å². The number of nitrogens with one attached hydrogen (secondary N) is 1. The van der Waals surface area contributed by atoms with E-state index in [4.69, 9.17) is 11.6 Å². The van der Waals surface area contributed by atoms with Crippen molar-refractivity contribution in [2.24, 2.45) is 0 Å². The lowest BCUT2D eigenvalue weighted by Gasteiger charge is -2.11. The summed E-state index contributed by atoms with van der Waals surface area (Å²) in [4.78, 5) is 13.4. The molecule has 0 aliphatic rings. The highest BCUT2D eigenvalue weighted by molar-refractivity contribution is 7.99. The number of nitrogens with zero attached hydrogens (tertiary/aromatic N) is 3. The summed E-state index contributed by atoms with van der Waals surface area (Å²) in [7, 11) is 0. The van der Waals surface area contributed by atoms with E-state index >= 15 is 0 Å². The van der Waals surface area contributed by atoms with Crippen molar-refractivity contribution in [2.45, 2.75) is 18.6 Å². The second kappa shape index (κ2) is 9.47. The fourth-order valence-electron chi connectivity index (χ4n) is 2.94. The molecule has 0 saturated heterocycles. The van der Waals surface area contributed by atoms with Crippen LogP contribution in [0.1, 0.15) is 10.4 Å². The molecule has 2 heterocycles. The Balaban J connectivity index is 1.58. The minimum atomic E-state index is -0.0452. The third kappa shape index (κ3) is 4.92. The van der Waals surface area contributed by atoms with Crippen LogP contribution >= 0.6 is 34.7 Å². The molecule has 0 atom stereocenters. The molecular formula is C22H19ClN4OS2. The lowest BCUT2D eigenvalue weighted by atomic mass is 10.1. The molecule has 0 aliphatic carbocycles. The Morgan fingerprint density at radius 2 is 1.97 bits per heavy atom. The monoisotopic (exact) mass is 454 g/mol. The molecule has 152 valence electrons. The molecule has 30 heavy (non-hydrogen) atoms. The number of hydrogen-bond acceptors (Lipinski definition) is 5. The van der Waals surface area contributed by atoms with E-state index < -0.39 is 0 Å². The Kier molecular flexibility index (Phi) is 6.52. The van der Waals surface area contributed by atoms with Gasteiger partial charge >= 0.3 is 0 Å². The van der Waals surface area contributed by atoms with Crippen LogP contribution in [-0.4, -0.2) is 26.4 Å². The van der Waals surface area contributed by atoms with Crippen LogP contribution in [-0.2, 0) is 11.3 Å². The molecule has 8 heteroatoms. The van der Waals surface area contributed by atoms with Crippen molar-refractivity contribution in [1.29, 1.82) is 0 Å². The second-order valence-electron chi connectivity index (χ2n) is 6.63. The maximum Gasteiger partial charge on any atom is 0.230 e. The Hall–Kier alpha value is -2.61. The number of rotatable bonds is 7. The Bertz CT molecular complexity index is 1140. The highest BCUT2D eigenvalue weighted by Gasteiger charge is 2.17. The lowest BCUT2D eigenvalue weighted by Crippen LogP contribution is -2.24. The van der Waals surface area contributed by atoms with Gasteiger partial charge in [-0.25, -0.2) is 0 Å². The lowest BCUT2D eigenvalue weighted by molar-refractivity contribution is -0.118. The maximum absolute atomic E-state index is 12.3. The quantitative estimate of drug-likeness (QED) is 0.381. The summed E-state index contributed by atoms with van der Waals surface area (Å²) < 4.78 is 1.96. The summed E-state index contributed by atoms with van der Waals surface area (Å²) in [5, 5.41) is 15.0. The number of thioether (sulfide) groups is 1. The van der Waals surface area contributed by atoms with Crippen molar-refractivity contribution in [2.75, 3.05) is 5.75 Å². The van der Waals surface area contributed by atoms with Crippen molar-refractivity contribution in [3.8, 4) is 17.1 Å². The van der Waals surface area contributed by atoms with E-state index in [-0.39, 0.29) is 11.7 Å². The number of amides is 1. The Morgan fingerprint density at radius 1 is 1.13 bits per heavy atom. The van der Waals surface area contributed by atoms with Gasteiger partial charge in [-0.1, -0.05) is 53.2 Å². The van der Waals surface area contributed by atoms with Crippen LogP contribution in [0.3, 0.4) is 0 Å². The SMILES string of the molecule is Cc1cccc(-c2nnc(SCC(=O)NCc3cccs3)n2-c2ccc(Cl)cc2)c1. The minimum absolute atomic E-state index is 0.0452. The van der Waals surface area contributed by atoms with Crippen LogP contribution < -0.4 is 5.32 Å². The molecule has 1 amide bonds. The number of thiophene rings is 1. The molecule has 0 unspecified atom stereocenters. The van der Waals surface area contributed by atoms with Gasteiger partial charge in [0, 0.05) is 21.2 Å². The number of carbonyl (C=O) groups is 1. The van der Waals surface area contributed by atoms with Gasteiger partial charge in [-0.2, -0.15) is 0 Å². The molecular weight excluding hydrogens is 436 g/mol. The summed E-state index contributed by atoms with van der Waals surface area (Å²) in [6.07, 6.45) is 0. The zero-order chi connectivity index (χ0) is 20.9. The van der Waals surface area contributed by atoms with E-state index in [2.05, 4.69) is 21.6 Å². The van der Waals surface area contributed by atoms with Crippen LogP contribution in [0.25, 0.3) is 17.1 Å². The molecule has 4 rings (SSSR count). The largest absolute Gasteiger partial charge is 0.350 e. The average molecular weight is 455 g/mol. The number of benzene rings is 2. The topological polar surface area (TPSA) is 59.8 Å². The summed E-state index contributed by atoms with van der Waals surface area (Å²) >= 11 is 9.05. The van der Waals surface area contributed by atoms with Crippen LogP contribution in [0.15, 0.2) is 71.2 Å². The number of aromatic nitrogens is 3. The van der Waals surface area contributed by atoms with Gasteiger partial charge in [-0.05, 0) is 48.7 Å². The number of carbonyl (C=O) groups excluding carboxylic acids is 1. The minimum Gasteiger partial charge on any atom is -0.350 e. The first kappa shape index (κ1) is 20.7. The van der Waals surface area contributed by atoms with E-state index in [0.29, 0.717) is 16.7 Å². The van der Waals surface area contributed by atoms with E-state index in [1.54, 1.807) is 11.3 Å². The first-order valence-corrected chi connectivity index (χ1v) is 11.5. The smallest absolute Gasteiger partial charge is 0.230 e. The van der Waals surface area contributed by atoms with Gasteiger partial charge in [0.15, 0.2) is 11.0 Å². The van der Waals surface area contributed by atoms with Gasteiger partial charge in [0.05, 0.1) is 12.3 Å². The summed E-state index contributed by atoms with van der Waals surface area (Å²) in [6.45, 7) is 2.58. The predicted octanol–water partition coefficient (Wildman–Crippen LogP) is 5.37. The van der Waals surface area contributed by atoms with Gasteiger partial charge in [-0.15, -0.1) is 21.5 Å². The first-order valence-electron chi connectivity index (χ1n) is 9.30. The molecule has 5 nitrogen and oxygen atoms in total. The molecule has 0 saturated carbocycles. The molecule has 0 aliphatic heterocycles. The Morgan fingerprint density at radius 3 is 2.70 bits per heavy atom. The highest BCUT2D eigenvalue weighted by Crippen LogP contribution is 2.29. The summed E-state index contributed by atoms with van der Waals surface area (Å²) in [5.41, 5.74) is 2.99. The van der Waals surface area contributed by atoms with Crippen molar-refractivity contribution in [3.63, 3.8) is 0 Å². The fourth-order valence-corrected chi connectivity index (χ4v) is 4.49. The molecule has 2 aromatic heterocycles. The first-order chi connectivity index (χ1) is 14.6. The molecule has 2 aromatic carbocycles. The third-order valence-corrected chi connectivity index (χ3v) is 6.42. The second-order valence-corrected chi connectivity index (χ2v) is 9.04. The summed E-state index contributed by atoms with van der Waals surface area (Å²) in [5.74, 6) is 0.934. The zero-order valence-electron chi connectivity index (χ0n) is 16.2. The van der Waals surface area contributed by atoms with Crippen molar-refractivity contribution in [1.82, 2.24) is 20.1 Å². The van der Waals surface area contributed by atoms with Gasteiger partial charge in [0.25, 0.3) is 0 Å². The maximum atomic E-state index is 12.3.